The molecule has 0 aliphatic heterocycles. The Balaban J connectivity index is 1.67. The zero-order chi connectivity index (χ0) is 21.3. The van der Waals surface area contributed by atoms with Crippen LogP contribution in [0.1, 0.15) is 6.42 Å². The molecule has 1 N–H and O–H groups in total. The van der Waals surface area contributed by atoms with E-state index in [9.17, 15) is 4.79 Å². The monoisotopic (exact) mass is 426 g/mol. The van der Waals surface area contributed by atoms with E-state index in [-0.39, 0.29) is 11.7 Å². The molecule has 3 aromatic rings. The van der Waals surface area contributed by atoms with Gasteiger partial charge in [-0.05, 0) is 63.5 Å². The lowest BCUT2D eigenvalue weighted by Crippen LogP contribution is -2.16. The number of pyridine rings is 1. The third-order valence-electron chi connectivity index (χ3n) is 4.35. The molecular weight excluding hydrogens is 400 g/mol. The predicted molar refractivity (Wildman–Crippen MR) is 119 cm³/mol. The molecule has 0 aliphatic rings. The van der Waals surface area contributed by atoms with Gasteiger partial charge in [-0.2, -0.15) is 0 Å². The molecule has 0 radical (unpaired) electrons. The fraction of sp³-hybridized carbons (Fsp3) is 0.333. The van der Waals surface area contributed by atoms with Crippen LogP contribution in [-0.4, -0.2) is 64.1 Å². The molecule has 1 amide bonds. The van der Waals surface area contributed by atoms with Gasteiger partial charge >= 0.3 is 0 Å². The number of anilines is 1. The van der Waals surface area contributed by atoms with Gasteiger partial charge in [0.25, 0.3) is 0 Å². The number of ether oxygens (including phenoxy) is 1. The van der Waals surface area contributed by atoms with Crippen molar-refractivity contribution < 1.29 is 9.53 Å². The van der Waals surface area contributed by atoms with Crippen LogP contribution < -0.4 is 10.1 Å². The van der Waals surface area contributed by atoms with Crippen molar-refractivity contribution in [2.75, 3.05) is 38.8 Å². The Bertz CT molecular complexity index is 944. The second-order valence-electron chi connectivity index (χ2n) is 6.92. The fourth-order valence-electron chi connectivity index (χ4n) is 2.86. The van der Waals surface area contributed by atoms with E-state index in [0.717, 1.165) is 47.5 Å². The van der Waals surface area contributed by atoms with Crippen LogP contribution in [0.15, 0.2) is 53.9 Å². The number of carbonyl (C=O) groups excluding carboxylic acids is 1. The maximum atomic E-state index is 12.4. The smallest absolute Gasteiger partial charge is 0.234 e. The molecule has 0 aliphatic carbocycles. The molecule has 2 aromatic heterocycles. The molecule has 158 valence electrons. The van der Waals surface area contributed by atoms with E-state index >= 15 is 0 Å². The summed E-state index contributed by atoms with van der Waals surface area (Å²) in [6.07, 6.45) is 4.43. The average Bonchev–Trinajstić information content (AvgIpc) is 3.16. The van der Waals surface area contributed by atoms with Crippen molar-refractivity contribution in [2.45, 2.75) is 18.1 Å². The highest BCUT2D eigenvalue weighted by molar-refractivity contribution is 7.99. The molecule has 0 saturated carbocycles. The lowest BCUT2D eigenvalue weighted by Gasteiger charge is -2.13. The number of carbonyl (C=O) groups is 1. The molecule has 1 aromatic carbocycles. The molecule has 0 bridgehead atoms. The first-order valence-electron chi connectivity index (χ1n) is 9.62. The number of methoxy groups -OCH3 is 1. The topological polar surface area (TPSA) is 85.2 Å². The lowest BCUT2D eigenvalue weighted by atomic mass is 10.2. The van der Waals surface area contributed by atoms with E-state index in [4.69, 9.17) is 4.74 Å². The van der Waals surface area contributed by atoms with Gasteiger partial charge in [0, 0.05) is 30.2 Å². The van der Waals surface area contributed by atoms with Gasteiger partial charge in [-0.1, -0.05) is 11.8 Å². The molecule has 0 fully saturated rings. The Morgan fingerprint density at radius 3 is 2.53 bits per heavy atom. The first kappa shape index (κ1) is 21.8. The van der Waals surface area contributed by atoms with E-state index < -0.39 is 0 Å². The number of benzene rings is 1. The van der Waals surface area contributed by atoms with Gasteiger partial charge in [-0.15, -0.1) is 10.2 Å². The Labute approximate surface area is 180 Å². The third kappa shape index (κ3) is 6.04. The number of thioether (sulfide) groups is 1. The number of nitrogens with zero attached hydrogens (tertiary/aromatic N) is 5. The predicted octanol–water partition coefficient (Wildman–Crippen LogP) is 3.03. The molecule has 8 nitrogen and oxygen atoms in total. The van der Waals surface area contributed by atoms with Crippen LogP contribution in [-0.2, 0) is 11.3 Å². The highest BCUT2D eigenvalue weighted by Gasteiger charge is 2.16. The maximum absolute atomic E-state index is 12.4. The Hall–Kier alpha value is -2.91. The number of nitrogens with one attached hydrogen (secondary N) is 1. The van der Waals surface area contributed by atoms with Crippen molar-refractivity contribution >= 4 is 23.4 Å². The third-order valence-corrected chi connectivity index (χ3v) is 5.32. The molecule has 30 heavy (non-hydrogen) atoms. The summed E-state index contributed by atoms with van der Waals surface area (Å²) >= 11 is 1.38. The summed E-state index contributed by atoms with van der Waals surface area (Å²) in [4.78, 5) is 18.6. The summed E-state index contributed by atoms with van der Waals surface area (Å²) in [5, 5.41) is 12.3. The van der Waals surface area contributed by atoms with Crippen molar-refractivity contribution in [1.29, 1.82) is 0 Å². The molecule has 3 rings (SSSR count). The molecule has 0 unspecified atom stereocenters. The lowest BCUT2D eigenvalue weighted by molar-refractivity contribution is -0.113. The summed E-state index contributed by atoms with van der Waals surface area (Å²) in [6, 6.07) is 11.1. The van der Waals surface area contributed by atoms with Crippen LogP contribution in [0, 0.1) is 0 Å². The number of hydrogen-bond acceptors (Lipinski definition) is 7. The van der Waals surface area contributed by atoms with Gasteiger partial charge in [-0.25, -0.2) is 0 Å². The molecule has 0 atom stereocenters. The summed E-state index contributed by atoms with van der Waals surface area (Å²) in [7, 11) is 5.71. The molecule has 0 saturated heterocycles. The zero-order valence-corrected chi connectivity index (χ0v) is 18.2. The van der Waals surface area contributed by atoms with Gasteiger partial charge in [0.05, 0.1) is 12.9 Å². The Morgan fingerprint density at radius 1 is 1.13 bits per heavy atom. The minimum absolute atomic E-state index is 0.0986. The van der Waals surface area contributed by atoms with Crippen LogP contribution in [0.5, 0.6) is 5.75 Å². The van der Waals surface area contributed by atoms with Gasteiger partial charge in [-0.3, -0.25) is 9.78 Å². The van der Waals surface area contributed by atoms with Crippen LogP contribution in [0.3, 0.4) is 0 Å². The summed E-state index contributed by atoms with van der Waals surface area (Å²) in [5.41, 5.74) is 1.68. The van der Waals surface area contributed by atoms with E-state index in [1.54, 1.807) is 19.5 Å². The summed E-state index contributed by atoms with van der Waals surface area (Å²) in [6.45, 7) is 1.72. The first-order chi connectivity index (χ1) is 14.6. The zero-order valence-electron chi connectivity index (χ0n) is 17.4. The SMILES string of the molecule is COc1ccc(NC(=O)CSc2nnc(-c3ccncc3)n2CCCN(C)C)cc1. The normalized spacial score (nSPS) is 10.9. The molecular formula is C21H26N6O2S. The van der Waals surface area contributed by atoms with Crippen molar-refractivity contribution in [3.8, 4) is 17.1 Å². The van der Waals surface area contributed by atoms with E-state index in [1.807, 2.05) is 36.4 Å². The Kier molecular flexibility index (Phi) is 7.81. The summed E-state index contributed by atoms with van der Waals surface area (Å²) < 4.78 is 7.21. The van der Waals surface area contributed by atoms with Crippen molar-refractivity contribution in [2.24, 2.45) is 0 Å². The first-order valence-corrected chi connectivity index (χ1v) is 10.6. The minimum Gasteiger partial charge on any atom is -0.497 e. The Morgan fingerprint density at radius 2 is 1.87 bits per heavy atom. The van der Waals surface area contributed by atoms with Gasteiger partial charge in [0.15, 0.2) is 11.0 Å². The van der Waals surface area contributed by atoms with Gasteiger partial charge < -0.3 is 19.5 Å². The van der Waals surface area contributed by atoms with Crippen LogP contribution in [0.4, 0.5) is 5.69 Å². The number of amides is 1. The summed E-state index contributed by atoms with van der Waals surface area (Å²) in [5.74, 6) is 1.68. The highest BCUT2D eigenvalue weighted by atomic mass is 32.2. The van der Waals surface area contributed by atoms with Crippen LogP contribution in [0.25, 0.3) is 11.4 Å². The molecule has 2 heterocycles. The maximum Gasteiger partial charge on any atom is 0.234 e. The average molecular weight is 427 g/mol. The standard InChI is InChI=1S/C21H26N6O2S/c1-26(2)13-4-14-27-20(16-9-11-22-12-10-16)24-25-21(27)30-15-19(28)23-17-5-7-18(29-3)8-6-17/h5-12H,4,13-15H2,1-3H3,(H,23,28). The minimum atomic E-state index is -0.0986. The van der Waals surface area contributed by atoms with E-state index in [0.29, 0.717) is 0 Å². The van der Waals surface area contributed by atoms with Gasteiger partial charge in [0.2, 0.25) is 5.91 Å². The van der Waals surface area contributed by atoms with E-state index in [1.165, 1.54) is 11.8 Å². The largest absolute Gasteiger partial charge is 0.497 e. The molecule has 9 heteroatoms. The fourth-order valence-corrected chi connectivity index (χ4v) is 3.62. The number of aromatic nitrogens is 4. The van der Waals surface area contributed by atoms with Crippen molar-refractivity contribution in [3.05, 3.63) is 48.8 Å². The van der Waals surface area contributed by atoms with Gasteiger partial charge in [0.1, 0.15) is 5.75 Å². The van der Waals surface area contributed by atoms with E-state index in [2.05, 4.69) is 44.1 Å². The number of hydrogen-bond donors (Lipinski definition) is 1. The second-order valence-corrected chi connectivity index (χ2v) is 7.86. The highest BCUT2D eigenvalue weighted by Crippen LogP contribution is 2.24. The number of rotatable bonds is 10. The van der Waals surface area contributed by atoms with Crippen molar-refractivity contribution in [3.63, 3.8) is 0 Å². The second kappa shape index (κ2) is 10.7. The molecule has 0 spiro atoms. The van der Waals surface area contributed by atoms with Crippen LogP contribution >= 0.6 is 11.8 Å². The van der Waals surface area contributed by atoms with Crippen molar-refractivity contribution in [1.82, 2.24) is 24.6 Å². The van der Waals surface area contributed by atoms with Crippen LogP contribution in [0.2, 0.25) is 0 Å². The quantitative estimate of drug-likeness (QED) is 0.499.